The van der Waals surface area contributed by atoms with Crippen molar-refractivity contribution in [2.24, 2.45) is 0 Å². The van der Waals surface area contributed by atoms with E-state index in [4.69, 9.17) is 0 Å². The van der Waals surface area contributed by atoms with Gasteiger partial charge >= 0.3 is 0 Å². The predicted molar refractivity (Wildman–Crippen MR) is 268 cm³/mol. The Morgan fingerprint density at radius 2 is 0.820 bits per heavy atom. The lowest BCUT2D eigenvalue weighted by atomic mass is 10.0. The predicted octanol–water partition coefficient (Wildman–Crippen LogP) is 16.2. The molecule has 0 spiro atoms. The van der Waals surface area contributed by atoms with E-state index in [1.54, 1.807) is 0 Å². The molecule has 11 rings (SSSR count). The summed E-state index contributed by atoms with van der Waals surface area (Å²) >= 11 is 1.90. The van der Waals surface area contributed by atoms with E-state index in [1.165, 1.54) is 86.2 Å². The molecular formula is C57H44N2SSi. The zero-order valence-electron chi connectivity index (χ0n) is 34.5. The third-order valence-electron chi connectivity index (χ3n) is 12.2. The summed E-state index contributed by atoms with van der Waals surface area (Å²) in [5, 5.41) is 6.74. The summed E-state index contributed by atoms with van der Waals surface area (Å²) in [7, 11) is -1.45. The fourth-order valence-corrected chi connectivity index (χ4v) is 11.1. The number of para-hydroxylation sites is 1. The topological polar surface area (TPSA) is 8.17 Å². The number of thiophene rings is 1. The van der Waals surface area contributed by atoms with Crippen LogP contribution >= 0.6 is 11.3 Å². The van der Waals surface area contributed by atoms with Gasteiger partial charge in [0.1, 0.15) is 0 Å². The van der Waals surface area contributed by atoms with E-state index < -0.39 is 8.07 Å². The molecule has 0 radical (unpaired) electrons. The van der Waals surface area contributed by atoms with Gasteiger partial charge in [0, 0.05) is 53.7 Å². The molecule has 9 aromatic carbocycles. The van der Waals surface area contributed by atoms with Crippen LogP contribution in [-0.4, -0.2) is 12.6 Å². The second kappa shape index (κ2) is 14.9. The molecule has 292 valence electrons. The van der Waals surface area contributed by atoms with Crippen molar-refractivity contribution in [3.8, 4) is 39.1 Å². The molecule has 4 heteroatoms. The van der Waals surface area contributed by atoms with Crippen LogP contribution in [0.3, 0.4) is 0 Å². The van der Waals surface area contributed by atoms with Crippen molar-refractivity contribution in [3.05, 3.63) is 212 Å². The second-order valence-electron chi connectivity index (χ2n) is 17.0. The van der Waals surface area contributed by atoms with Crippen LogP contribution < -0.4 is 10.1 Å². The molecule has 0 N–H and O–H groups in total. The number of benzene rings is 9. The molecule has 0 aliphatic carbocycles. The number of nitrogens with zero attached hydrogens (tertiary/aromatic N) is 2. The first-order chi connectivity index (χ1) is 29.9. The summed E-state index contributed by atoms with van der Waals surface area (Å²) in [6.07, 6.45) is 0. The molecule has 0 aliphatic heterocycles. The highest BCUT2D eigenvalue weighted by Crippen LogP contribution is 2.41. The van der Waals surface area contributed by atoms with Gasteiger partial charge in [-0.05, 0) is 112 Å². The van der Waals surface area contributed by atoms with Crippen molar-refractivity contribution in [2.75, 3.05) is 4.90 Å². The monoisotopic (exact) mass is 816 g/mol. The van der Waals surface area contributed by atoms with Crippen LogP contribution in [0.1, 0.15) is 0 Å². The Morgan fingerprint density at radius 3 is 1.39 bits per heavy atom. The Morgan fingerprint density at radius 1 is 0.361 bits per heavy atom. The first-order valence-electron chi connectivity index (χ1n) is 21.1. The van der Waals surface area contributed by atoms with Gasteiger partial charge < -0.3 is 9.47 Å². The van der Waals surface area contributed by atoms with Crippen molar-refractivity contribution in [3.63, 3.8) is 0 Å². The van der Waals surface area contributed by atoms with Crippen LogP contribution in [-0.2, 0) is 0 Å². The second-order valence-corrected chi connectivity index (χ2v) is 23.2. The highest BCUT2D eigenvalue weighted by Gasteiger charge is 2.20. The molecule has 2 heterocycles. The van der Waals surface area contributed by atoms with Crippen LogP contribution in [0.4, 0.5) is 17.1 Å². The number of fused-ring (bicyclic) bond motifs is 6. The minimum atomic E-state index is -1.45. The minimum Gasteiger partial charge on any atom is -0.311 e. The molecule has 0 unspecified atom stereocenters. The van der Waals surface area contributed by atoms with Crippen molar-refractivity contribution in [1.82, 2.24) is 4.57 Å². The molecule has 0 fully saturated rings. The van der Waals surface area contributed by atoms with Crippen LogP contribution in [0.25, 0.3) is 81.0 Å². The Hall–Kier alpha value is -6.98. The van der Waals surface area contributed by atoms with Crippen molar-refractivity contribution < 1.29 is 0 Å². The summed E-state index contributed by atoms with van der Waals surface area (Å²) in [5.74, 6) is 0. The summed E-state index contributed by atoms with van der Waals surface area (Å²) in [6, 6.07) is 78.0. The quantitative estimate of drug-likeness (QED) is 0.139. The van der Waals surface area contributed by atoms with Gasteiger partial charge in [-0.2, -0.15) is 0 Å². The number of rotatable bonds is 8. The van der Waals surface area contributed by atoms with E-state index in [0.717, 1.165) is 17.1 Å². The van der Waals surface area contributed by atoms with E-state index in [0.29, 0.717) is 0 Å². The normalized spacial score (nSPS) is 11.9. The number of hydrogen-bond acceptors (Lipinski definition) is 2. The van der Waals surface area contributed by atoms with Crippen molar-refractivity contribution >= 4 is 83.6 Å². The van der Waals surface area contributed by atoms with Gasteiger partial charge in [0.25, 0.3) is 0 Å². The maximum atomic E-state index is 2.47. The maximum absolute atomic E-state index is 2.47. The highest BCUT2D eigenvalue weighted by atomic mass is 32.1. The van der Waals surface area contributed by atoms with Crippen LogP contribution in [0, 0.1) is 0 Å². The summed E-state index contributed by atoms with van der Waals surface area (Å²) in [6.45, 7) is 7.30. The zero-order chi connectivity index (χ0) is 41.1. The van der Waals surface area contributed by atoms with Gasteiger partial charge in [-0.1, -0.05) is 158 Å². The third-order valence-corrected chi connectivity index (χ3v) is 15.4. The molecule has 0 aliphatic rings. The van der Waals surface area contributed by atoms with Gasteiger partial charge in [0.05, 0.1) is 19.1 Å². The highest BCUT2D eigenvalue weighted by molar-refractivity contribution is 7.25. The number of anilines is 3. The first kappa shape index (κ1) is 37.0. The Labute approximate surface area is 362 Å². The SMILES string of the molecule is C[Si](C)(C)c1ccc2sc3ccc(-n4c5ccccc5c5cc(-c6ccc(N(c7ccc(-c8ccccc8)cc7)c7ccc(-c8ccccc8)cc7)cc6)ccc54)cc3c2c1. The summed E-state index contributed by atoms with van der Waals surface area (Å²) in [5.41, 5.74) is 14.2. The lowest BCUT2D eigenvalue weighted by molar-refractivity contribution is 1.19. The molecule has 0 atom stereocenters. The third kappa shape index (κ3) is 6.75. The molecular weight excluding hydrogens is 773 g/mol. The number of hydrogen-bond donors (Lipinski definition) is 0. The largest absolute Gasteiger partial charge is 0.311 e. The lowest BCUT2D eigenvalue weighted by Crippen LogP contribution is -2.37. The molecule has 0 amide bonds. The van der Waals surface area contributed by atoms with Gasteiger partial charge in [-0.3, -0.25) is 0 Å². The molecule has 2 nitrogen and oxygen atoms in total. The minimum absolute atomic E-state index is 1.11. The number of aromatic nitrogens is 1. The van der Waals surface area contributed by atoms with Gasteiger partial charge in [-0.15, -0.1) is 11.3 Å². The maximum Gasteiger partial charge on any atom is 0.0776 e. The average molecular weight is 817 g/mol. The zero-order valence-corrected chi connectivity index (χ0v) is 36.3. The average Bonchev–Trinajstić information content (AvgIpc) is 3.85. The van der Waals surface area contributed by atoms with Crippen LogP contribution in [0.15, 0.2) is 212 Å². The van der Waals surface area contributed by atoms with E-state index in [9.17, 15) is 0 Å². The molecule has 11 aromatic rings. The van der Waals surface area contributed by atoms with E-state index in [-0.39, 0.29) is 0 Å². The van der Waals surface area contributed by atoms with Crippen LogP contribution in [0.2, 0.25) is 19.6 Å². The fraction of sp³-hybridized carbons (Fsp3) is 0.0526. The van der Waals surface area contributed by atoms with E-state index >= 15 is 0 Å². The Balaban J connectivity index is 0.972. The summed E-state index contributed by atoms with van der Waals surface area (Å²) in [4.78, 5) is 2.35. The molecule has 0 saturated carbocycles. The van der Waals surface area contributed by atoms with E-state index in [2.05, 4.69) is 241 Å². The molecule has 0 bridgehead atoms. The van der Waals surface area contributed by atoms with E-state index in [1.807, 2.05) is 11.3 Å². The Kier molecular flexibility index (Phi) is 9.07. The smallest absolute Gasteiger partial charge is 0.0776 e. The molecule has 0 saturated heterocycles. The van der Waals surface area contributed by atoms with Crippen molar-refractivity contribution in [2.45, 2.75) is 19.6 Å². The molecule has 2 aromatic heterocycles. The summed E-state index contributed by atoms with van der Waals surface area (Å²) < 4.78 is 5.15. The van der Waals surface area contributed by atoms with Gasteiger partial charge in [0.15, 0.2) is 0 Å². The van der Waals surface area contributed by atoms with Crippen molar-refractivity contribution in [1.29, 1.82) is 0 Å². The van der Waals surface area contributed by atoms with Crippen LogP contribution in [0.5, 0.6) is 0 Å². The van der Waals surface area contributed by atoms with Gasteiger partial charge in [0.2, 0.25) is 0 Å². The standard InChI is InChI=1S/C57H44N2SSi/c1-61(2,3)49-32-35-57-53(38-49)52-37-48(31-34-56(52)60-57)59-54-17-11-10-16-50(54)51-36-44(24-33-55(51)59)43-22-29-47(30-23-43)58(45-25-18-41(19-26-45)39-12-6-4-7-13-39)46-27-20-42(21-28-46)40-14-8-5-9-15-40/h4-38H,1-3H3. The molecule has 61 heavy (non-hydrogen) atoms. The fourth-order valence-electron chi connectivity index (χ4n) is 8.92. The first-order valence-corrected chi connectivity index (χ1v) is 25.4. The van der Waals surface area contributed by atoms with Gasteiger partial charge in [-0.25, -0.2) is 0 Å². The Bertz CT molecular complexity index is 3280. The lowest BCUT2D eigenvalue weighted by Gasteiger charge is -2.26.